The maximum Gasteiger partial charge on any atom is 0.146 e. The van der Waals surface area contributed by atoms with Gasteiger partial charge in [-0.25, -0.2) is 9.97 Å². The van der Waals surface area contributed by atoms with Crippen LogP contribution in [-0.4, -0.2) is 23.1 Å². The molecule has 0 aliphatic heterocycles. The van der Waals surface area contributed by atoms with Crippen molar-refractivity contribution in [2.24, 2.45) is 0 Å². The maximum atomic E-state index is 4.21. The van der Waals surface area contributed by atoms with Gasteiger partial charge in [0.2, 0.25) is 0 Å². The molecule has 15 heavy (non-hydrogen) atoms. The summed E-state index contributed by atoms with van der Waals surface area (Å²) in [5.74, 6) is 1.65. The third-order valence-corrected chi connectivity index (χ3v) is 3.10. The number of hydrogen-bond donors (Lipinski definition) is 2. The zero-order valence-electron chi connectivity index (χ0n) is 9.34. The van der Waals surface area contributed by atoms with E-state index in [4.69, 9.17) is 0 Å². The number of anilines is 2. The minimum Gasteiger partial charge on any atom is -0.372 e. The number of hydrogen-bond acceptors (Lipinski definition) is 4. The summed E-state index contributed by atoms with van der Waals surface area (Å²) in [5.41, 5.74) is 0. The molecular weight excluding hydrogens is 256 g/mol. The van der Waals surface area contributed by atoms with E-state index < -0.39 is 0 Å². The van der Waals surface area contributed by atoms with Crippen molar-refractivity contribution in [3.8, 4) is 0 Å². The van der Waals surface area contributed by atoms with Gasteiger partial charge in [-0.15, -0.1) is 0 Å². The van der Waals surface area contributed by atoms with Gasteiger partial charge in [-0.1, -0.05) is 13.8 Å². The highest BCUT2D eigenvalue weighted by atomic mass is 79.9. The van der Waals surface area contributed by atoms with Crippen molar-refractivity contribution in [3.05, 3.63) is 10.8 Å². The van der Waals surface area contributed by atoms with Gasteiger partial charge in [0.1, 0.15) is 22.4 Å². The lowest BCUT2D eigenvalue weighted by molar-refractivity contribution is 0.667. The summed E-state index contributed by atoms with van der Waals surface area (Å²) >= 11 is 3.48. The highest BCUT2D eigenvalue weighted by molar-refractivity contribution is 9.10. The molecule has 0 bridgehead atoms. The van der Waals surface area contributed by atoms with E-state index in [1.807, 2.05) is 7.05 Å². The number of rotatable bonds is 5. The fourth-order valence-electron chi connectivity index (χ4n) is 1.33. The van der Waals surface area contributed by atoms with Crippen LogP contribution in [0.3, 0.4) is 0 Å². The second kappa shape index (κ2) is 5.90. The Bertz CT molecular complexity index is 312. The van der Waals surface area contributed by atoms with Crippen LogP contribution in [0.5, 0.6) is 0 Å². The molecule has 0 saturated carbocycles. The minimum absolute atomic E-state index is 0.459. The summed E-state index contributed by atoms with van der Waals surface area (Å²) in [7, 11) is 1.84. The molecule has 0 aliphatic carbocycles. The average molecular weight is 273 g/mol. The lowest BCUT2D eigenvalue weighted by atomic mass is 10.2. The van der Waals surface area contributed by atoms with E-state index >= 15 is 0 Å². The molecule has 0 saturated heterocycles. The zero-order chi connectivity index (χ0) is 11.3. The molecule has 1 aromatic rings. The summed E-state index contributed by atoms with van der Waals surface area (Å²) in [6.07, 6.45) is 3.73. The molecule has 4 nitrogen and oxygen atoms in total. The fourth-order valence-corrected chi connectivity index (χ4v) is 1.85. The quantitative estimate of drug-likeness (QED) is 0.866. The second-order valence-corrected chi connectivity index (χ2v) is 4.09. The van der Waals surface area contributed by atoms with Gasteiger partial charge in [0.05, 0.1) is 0 Å². The van der Waals surface area contributed by atoms with Gasteiger partial charge in [0.15, 0.2) is 0 Å². The van der Waals surface area contributed by atoms with Crippen molar-refractivity contribution in [2.45, 2.75) is 32.7 Å². The van der Waals surface area contributed by atoms with Gasteiger partial charge in [0, 0.05) is 13.1 Å². The van der Waals surface area contributed by atoms with Crippen LogP contribution in [0.4, 0.5) is 11.6 Å². The van der Waals surface area contributed by atoms with Crippen LogP contribution in [0.25, 0.3) is 0 Å². The normalized spacial score (nSPS) is 10.5. The third kappa shape index (κ3) is 3.06. The number of aromatic nitrogens is 2. The molecular formula is C10H17BrN4. The molecule has 1 aromatic heterocycles. The molecule has 0 atom stereocenters. The van der Waals surface area contributed by atoms with Gasteiger partial charge >= 0.3 is 0 Å². The monoisotopic (exact) mass is 272 g/mol. The molecule has 0 spiro atoms. The Labute approximate surface area is 99.0 Å². The summed E-state index contributed by atoms with van der Waals surface area (Å²) in [6, 6.07) is 0.459. The van der Waals surface area contributed by atoms with Crippen LogP contribution in [0, 0.1) is 0 Å². The smallest absolute Gasteiger partial charge is 0.146 e. The fraction of sp³-hybridized carbons (Fsp3) is 0.600. The van der Waals surface area contributed by atoms with E-state index in [9.17, 15) is 0 Å². The van der Waals surface area contributed by atoms with Gasteiger partial charge < -0.3 is 10.6 Å². The van der Waals surface area contributed by atoms with E-state index in [0.29, 0.717) is 6.04 Å². The first kappa shape index (κ1) is 12.2. The van der Waals surface area contributed by atoms with Crippen molar-refractivity contribution in [1.29, 1.82) is 0 Å². The number of nitrogens with zero attached hydrogens (tertiary/aromatic N) is 2. The lowest BCUT2D eigenvalue weighted by Crippen LogP contribution is -2.18. The molecule has 1 heterocycles. The van der Waals surface area contributed by atoms with E-state index in [2.05, 4.69) is 50.4 Å². The standard InChI is InChI=1S/C10H17BrN4/c1-4-7(5-2)15-10-8(11)9(12-3)13-6-14-10/h6-7H,4-5H2,1-3H3,(H2,12,13,14,15). The van der Waals surface area contributed by atoms with E-state index in [0.717, 1.165) is 29.0 Å². The number of halogens is 1. The lowest BCUT2D eigenvalue weighted by Gasteiger charge is -2.17. The van der Waals surface area contributed by atoms with Crippen LogP contribution < -0.4 is 10.6 Å². The molecule has 0 radical (unpaired) electrons. The van der Waals surface area contributed by atoms with Gasteiger partial charge in [-0.05, 0) is 28.8 Å². The molecule has 0 amide bonds. The van der Waals surface area contributed by atoms with Gasteiger partial charge in [-0.3, -0.25) is 0 Å². The molecule has 0 aromatic carbocycles. The van der Waals surface area contributed by atoms with Crippen LogP contribution in [0.15, 0.2) is 10.8 Å². The largest absolute Gasteiger partial charge is 0.372 e. The Hall–Kier alpha value is -0.840. The van der Waals surface area contributed by atoms with Crippen LogP contribution >= 0.6 is 15.9 Å². The highest BCUT2D eigenvalue weighted by Crippen LogP contribution is 2.26. The summed E-state index contributed by atoms with van der Waals surface area (Å²) < 4.78 is 0.888. The second-order valence-electron chi connectivity index (χ2n) is 3.29. The van der Waals surface area contributed by atoms with Crippen molar-refractivity contribution in [2.75, 3.05) is 17.7 Å². The summed E-state index contributed by atoms with van der Waals surface area (Å²) in [5, 5.41) is 6.39. The van der Waals surface area contributed by atoms with Crippen molar-refractivity contribution >= 4 is 27.6 Å². The van der Waals surface area contributed by atoms with E-state index in [1.54, 1.807) is 6.33 Å². The highest BCUT2D eigenvalue weighted by Gasteiger charge is 2.10. The summed E-state index contributed by atoms with van der Waals surface area (Å²) in [6.45, 7) is 4.32. The van der Waals surface area contributed by atoms with Crippen molar-refractivity contribution in [3.63, 3.8) is 0 Å². The maximum absolute atomic E-state index is 4.21. The first-order valence-corrected chi connectivity index (χ1v) is 5.96. The predicted molar refractivity (Wildman–Crippen MR) is 67.3 cm³/mol. The van der Waals surface area contributed by atoms with Gasteiger partial charge in [0.25, 0.3) is 0 Å². The van der Waals surface area contributed by atoms with Crippen molar-refractivity contribution < 1.29 is 0 Å². The van der Waals surface area contributed by atoms with Crippen molar-refractivity contribution in [1.82, 2.24) is 9.97 Å². The predicted octanol–water partition coefficient (Wildman–Crippen LogP) is 2.88. The molecule has 0 unspecified atom stereocenters. The first-order chi connectivity index (χ1) is 7.22. The first-order valence-electron chi connectivity index (χ1n) is 5.17. The van der Waals surface area contributed by atoms with Crippen LogP contribution in [-0.2, 0) is 0 Å². The van der Waals surface area contributed by atoms with Gasteiger partial charge in [-0.2, -0.15) is 0 Å². The molecule has 5 heteroatoms. The molecule has 2 N–H and O–H groups in total. The molecule has 0 aliphatic rings. The zero-order valence-corrected chi connectivity index (χ0v) is 10.9. The Balaban J connectivity index is 2.85. The third-order valence-electron chi connectivity index (χ3n) is 2.35. The molecule has 0 fully saturated rings. The topological polar surface area (TPSA) is 49.8 Å². The molecule has 84 valence electrons. The Morgan fingerprint density at radius 1 is 1.27 bits per heavy atom. The molecule has 1 rings (SSSR count). The Morgan fingerprint density at radius 2 is 1.87 bits per heavy atom. The van der Waals surface area contributed by atoms with Crippen LogP contribution in [0.1, 0.15) is 26.7 Å². The minimum atomic E-state index is 0.459. The average Bonchev–Trinajstić information content (AvgIpc) is 2.28. The van der Waals surface area contributed by atoms with E-state index in [1.165, 1.54) is 0 Å². The SMILES string of the molecule is CCC(CC)Nc1ncnc(NC)c1Br. The Kier molecular flexibility index (Phi) is 4.81. The van der Waals surface area contributed by atoms with E-state index in [-0.39, 0.29) is 0 Å². The Morgan fingerprint density at radius 3 is 2.40 bits per heavy atom. The number of nitrogens with one attached hydrogen (secondary N) is 2. The summed E-state index contributed by atoms with van der Waals surface area (Å²) in [4.78, 5) is 8.32. The van der Waals surface area contributed by atoms with Crippen LogP contribution in [0.2, 0.25) is 0 Å².